The van der Waals surface area contributed by atoms with Crippen LogP contribution in [0.5, 0.6) is 0 Å². The molecular weight excluding hydrogens is 381 g/mol. The summed E-state index contributed by atoms with van der Waals surface area (Å²) in [5.41, 5.74) is 0.533. The van der Waals surface area contributed by atoms with Gasteiger partial charge in [-0.15, -0.1) is 0 Å². The van der Waals surface area contributed by atoms with Gasteiger partial charge in [0.25, 0.3) is 0 Å². The smallest absolute Gasteiger partial charge is 0.307 e. The van der Waals surface area contributed by atoms with Crippen molar-refractivity contribution in [3.8, 4) is 0 Å². The molecule has 0 heterocycles. The van der Waals surface area contributed by atoms with Gasteiger partial charge < -0.3 is 18.1 Å². The largest absolute Gasteiger partial charge is 1.00 e. The summed E-state index contributed by atoms with van der Waals surface area (Å²) in [6, 6.07) is 6.42. The van der Waals surface area contributed by atoms with E-state index in [-0.39, 0.29) is 61.3 Å². The molecule has 0 bridgehead atoms. The Hall–Kier alpha value is 0.117. The molecule has 0 atom stereocenters. The van der Waals surface area contributed by atoms with Crippen molar-refractivity contribution >= 4 is 25.8 Å². The first-order chi connectivity index (χ1) is 12.1. The standard InChI is InChI=1S/C18H31O6P2.Li/c1-8-21-25(19,22-9-2)16-12-15(18(5,6)7)13-17(14-16)26(20,23-10-3)24-11-4;/h12-13H,8-11H2,1-7H3;/q-1;+1. The normalized spacial score (nSPS) is 12.7. The second-order valence-corrected chi connectivity index (χ2v) is 10.5. The summed E-state index contributed by atoms with van der Waals surface area (Å²) >= 11 is 0. The Morgan fingerprint density at radius 1 is 0.778 bits per heavy atom. The second-order valence-electron chi connectivity index (χ2n) is 6.56. The van der Waals surface area contributed by atoms with Gasteiger partial charge in [0, 0.05) is 0 Å². The first-order valence-corrected chi connectivity index (χ1v) is 12.0. The summed E-state index contributed by atoms with van der Waals surface area (Å²) in [5.74, 6) is 0. The summed E-state index contributed by atoms with van der Waals surface area (Å²) in [4.78, 5) is 0. The predicted molar refractivity (Wildman–Crippen MR) is 105 cm³/mol. The minimum absolute atomic E-state index is 0. The Morgan fingerprint density at radius 2 is 1.07 bits per heavy atom. The van der Waals surface area contributed by atoms with Gasteiger partial charge >= 0.3 is 34.1 Å². The van der Waals surface area contributed by atoms with Gasteiger partial charge in [-0.2, -0.15) is 23.8 Å². The van der Waals surface area contributed by atoms with Crippen LogP contribution in [0.3, 0.4) is 0 Å². The van der Waals surface area contributed by atoms with Gasteiger partial charge in [-0.25, -0.2) is 0 Å². The summed E-state index contributed by atoms with van der Waals surface area (Å²) < 4.78 is 48.3. The van der Waals surface area contributed by atoms with Crippen LogP contribution in [-0.4, -0.2) is 26.4 Å². The Bertz CT molecular complexity index is 619. The zero-order valence-corrected chi connectivity index (χ0v) is 19.6. The fraction of sp³-hybridized carbons (Fsp3) is 0.667. The Morgan fingerprint density at radius 3 is 1.30 bits per heavy atom. The van der Waals surface area contributed by atoms with Crippen molar-refractivity contribution in [1.82, 2.24) is 0 Å². The zero-order chi connectivity index (χ0) is 20.0. The number of rotatable bonds is 10. The van der Waals surface area contributed by atoms with Crippen molar-refractivity contribution < 1.29 is 46.1 Å². The molecule has 0 radical (unpaired) electrons. The first-order valence-electron chi connectivity index (χ1n) is 8.93. The van der Waals surface area contributed by atoms with Crippen molar-refractivity contribution in [2.75, 3.05) is 26.4 Å². The molecule has 1 rings (SSSR count). The molecule has 1 aromatic carbocycles. The van der Waals surface area contributed by atoms with Crippen molar-refractivity contribution in [1.29, 1.82) is 0 Å². The predicted octanol–water partition coefficient (Wildman–Crippen LogP) is 1.57. The van der Waals surface area contributed by atoms with Gasteiger partial charge in [-0.1, -0.05) is 20.8 Å². The number of hydrogen-bond donors (Lipinski definition) is 0. The molecule has 0 aromatic heterocycles. The molecule has 27 heavy (non-hydrogen) atoms. The molecular formula is C18H31LiO6P2. The molecule has 9 heteroatoms. The summed E-state index contributed by atoms with van der Waals surface area (Å²) in [6.07, 6.45) is 0. The van der Waals surface area contributed by atoms with Crippen LogP contribution in [0, 0.1) is 6.07 Å². The van der Waals surface area contributed by atoms with E-state index in [1.54, 1.807) is 39.8 Å². The monoisotopic (exact) mass is 412 g/mol. The molecule has 0 fully saturated rings. The van der Waals surface area contributed by atoms with E-state index in [0.717, 1.165) is 5.56 Å². The van der Waals surface area contributed by atoms with Gasteiger partial charge in [-0.05, 0) is 43.7 Å². The third-order valence-electron chi connectivity index (χ3n) is 3.49. The molecule has 0 saturated heterocycles. The Kier molecular flexibility index (Phi) is 11.4. The molecule has 0 unspecified atom stereocenters. The summed E-state index contributed by atoms with van der Waals surface area (Å²) in [6.45, 7) is 13.9. The molecule has 6 nitrogen and oxygen atoms in total. The quantitative estimate of drug-likeness (QED) is 0.330. The van der Waals surface area contributed by atoms with E-state index in [9.17, 15) is 9.13 Å². The molecule has 150 valence electrons. The van der Waals surface area contributed by atoms with Crippen LogP contribution < -0.4 is 29.5 Å². The molecule has 0 aliphatic rings. The van der Waals surface area contributed by atoms with Gasteiger partial charge in [-0.3, -0.25) is 9.13 Å². The molecule has 0 aliphatic heterocycles. The van der Waals surface area contributed by atoms with Gasteiger partial charge in [0.1, 0.15) is 0 Å². The van der Waals surface area contributed by atoms with Crippen molar-refractivity contribution in [3.05, 3.63) is 23.8 Å². The number of benzene rings is 1. The summed E-state index contributed by atoms with van der Waals surface area (Å²) in [5, 5.41) is 0.478. The third kappa shape index (κ3) is 7.14. The maximum absolute atomic E-state index is 13.2. The van der Waals surface area contributed by atoms with E-state index >= 15 is 0 Å². The minimum atomic E-state index is -3.59. The van der Waals surface area contributed by atoms with Crippen LogP contribution in [0.2, 0.25) is 0 Å². The van der Waals surface area contributed by atoms with E-state index in [1.807, 2.05) is 20.8 Å². The van der Waals surface area contributed by atoms with E-state index in [2.05, 4.69) is 6.07 Å². The van der Waals surface area contributed by atoms with Crippen molar-refractivity contribution in [2.24, 2.45) is 0 Å². The minimum Gasteiger partial charge on any atom is -0.307 e. The fourth-order valence-corrected chi connectivity index (χ4v) is 5.56. The average molecular weight is 412 g/mol. The van der Waals surface area contributed by atoms with Crippen LogP contribution in [0.1, 0.15) is 54.0 Å². The third-order valence-corrected chi connectivity index (χ3v) is 7.55. The van der Waals surface area contributed by atoms with E-state index in [4.69, 9.17) is 18.1 Å². The Labute approximate surface area is 175 Å². The summed E-state index contributed by atoms with van der Waals surface area (Å²) in [7, 11) is -7.18. The molecule has 0 saturated carbocycles. The SMILES string of the molecule is CCOP(=O)(OCC)c1[c-]c(P(=O)(OCC)OCC)cc(C(C)(C)C)c1.[Li+]. The fourth-order valence-electron chi connectivity index (χ4n) is 2.30. The maximum atomic E-state index is 13.2. The zero-order valence-electron chi connectivity index (χ0n) is 17.8. The van der Waals surface area contributed by atoms with Crippen molar-refractivity contribution in [3.63, 3.8) is 0 Å². The van der Waals surface area contributed by atoms with Crippen LogP contribution in [0.15, 0.2) is 12.1 Å². The molecule has 0 N–H and O–H groups in total. The van der Waals surface area contributed by atoms with Crippen LogP contribution in [-0.2, 0) is 32.6 Å². The number of hydrogen-bond acceptors (Lipinski definition) is 6. The first kappa shape index (κ1) is 27.1. The van der Waals surface area contributed by atoms with Crippen LogP contribution >= 0.6 is 15.2 Å². The molecule has 0 amide bonds. The van der Waals surface area contributed by atoms with E-state index in [0.29, 0.717) is 0 Å². The molecule has 0 aliphatic carbocycles. The van der Waals surface area contributed by atoms with Gasteiger partial charge in [0.2, 0.25) is 0 Å². The average Bonchev–Trinajstić information content (AvgIpc) is 2.54. The second kappa shape index (κ2) is 11.3. The topological polar surface area (TPSA) is 71.1 Å². The van der Waals surface area contributed by atoms with E-state index < -0.39 is 15.2 Å². The maximum Gasteiger partial charge on any atom is 1.00 e. The van der Waals surface area contributed by atoms with Crippen LogP contribution in [0.4, 0.5) is 0 Å². The van der Waals surface area contributed by atoms with Crippen LogP contribution in [0.25, 0.3) is 0 Å². The van der Waals surface area contributed by atoms with Gasteiger partial charge in [0.05, 0.1) is 26.4 Å². The molecule has 1 aromatic rings. The Balaban J connectivity index is 0.00000676. The van der Waals surface area contributed by atoms with Crippen molar-refractivity contribution in [2.45, 2.75) is 53.9 Å². The van der Waals surface area contributed by atoms with Gasteiger partial charge in [0.15, 0.2) is 0 Å². The van der Waals surface area contributed by atoms with E-state index in [1.165, 1.54) is 0 Å². The molecule has 0 spiro atoms.